The fraction of sp³-hybridized carbons (Fsp3) is 0.524. The predicted molar refractivity (Wildman–Crippen MR) is 113 cm³/mol. The van der Waals surface area contributed by atoms with Crippen molar-refractivity contribution in [1.82, 2.24) is 20.0 Å². The summed E-state index contributed by atoms with van der Waals surface area (Å²) in [5.74, 6) is 1.84. The third kappa shape index (κ3) is 5.65. The molecule has 0 atom stereocenters. The lowest BCUT2D eigenvalue weighted by atomic mass is 10.1. The van der Waals surface area contributed by atoms with Crippen molar-refractivity contribution in [2.75, 3.05) is 20.2 Å². The maximum Gasteiger partial charge on any atom is 0.194 e. The van der Waals surface area contributed by atoms with E-state index >= 15 is 0 Å². The van der Waals surface area contributed by atoms with Gasteiger partial charge in [-0.15, -0.1) is 0 Å². The number of phenolic OH excluding ortho intramolecular Hbond substituents is 1. The van der Waals surface area contributed by atoms with Crippen molar-refractivity contribution in [2.45, 2.75) is 46.7 Å². The Balaban J connectivity index is 2.16. The summed E-state index contributed by atoms with van der Waals surface area (Å²) in [4.78, 5) is 6.87. The molecule has 7 nitrogen and oxygen atoms in total. The molecule has 7 heteroatoms. The van der Waals surface area contributed by atoms with Crippen molar-refractivity contribution in [3.05, 3.63) is 41.2 Å². The van der Waals surface area contributed by atoms with E-state index in [1.54, 1.807) is 6.07 Å². The van der Waals surface area contributed by atoms with Gasteiger partial charge in [-0.05, 0) is 37.5 Å². The van der Waals surface area contributed by atoms with Crippen LogP contribution in [-0.2, 0) is 20.1 Å². The summed E-state index contributed by atoms with van der Waals surface area (Å²) in [6.45, 7) is 10.8. The molecule has 0 bridgehead atoms. The minimum Gasteiger partial charge on any atom is -0.504 e. The van der Waals surface area contributed by atoms with E-state index < -0.39 is 0 Å². The molecule has 0 amide bonds. The number of guanidine groups is 1. The smallest absolute Gasteiger partial charge is 0.194 e. The third-order valence-corrected chi connectivity index (χ3v) is 4.32. The average molecular weight is 388 g/mol. The molecule has 154 valence electrons. The van der Waals surface area contributed by atoms with Gasteiger partial charge in [0.25, 0.3) is 0 Å². The van der Waals surface area contributed by atoms with E-state index in [2.05, 4.69) is 42.3 Å². The number of aromatic hydroxyl groups is 1. The number of benzene rings is 1. The quantitative estimate of drug-likeness (QED) is 0.537. The minimum atomic E-state index is 0.149. The van der Waals surface area contributed by atoms with Crippen molar-refractivity contribution in [3.8, 4) is 11.5 Å². The molecule has 0 saturated carbocycles. The van der Waals surface area contributed by atoms with E-state index in [9.17, 15) is 5.11 Å². The molecule has 1 aromatic carbocycles. The zero-order chi connectivity index (χ0) is 20.7. The molecule has 2 rings (SSSR count). The number of aromatic nitrogens is 2. The number of aryl methyl sites for hydroxylation is 1. The first-order valence-electron chi connectivity index (χ1n) is 9.82. The molecule has 2 N–H and O–H groups in total. The van der Waals surface area contributed by atoms with E-state index in [0.717, 1.165) is 30.3 Å². The van der Waals surface area contributed by atoms with Gasteiger partial charge in [-0.1, -0.05) is 19.9 Å². The summed E-state index contributed by atoms with van der Waals surface area (Å²) in [7, 11) is 3.98. The van der Waals surface area contributed by atoms with E-state index in [4.69, 9.17) is 9.73 Å². The molecule has 2 aromatic rings. The summed E-state index contributed by atoms with van der Waals surface area (Å²) in [6, 6.07) is 5.35. The maximum absolute atomic E-state index is 9.86. The van der Waals surface area contributed by atoms with Crippen molar-refractivity contribution < 1.29 is 9.84 Å². The summed E-state index contributed by atoms with van der Waals surface area (Å²) < 4.78 is 7.33. The van der Waals surface area contributed by atoms with Crippen LogP contribution in [0.1, 0.15) is 50.4 Å². The van der Waals surface area contributed by atoms with E-state index in [0.29, 0.717) is 24.8 Å². The summed E-state index contributed by atoms with van der Waals surface area (Å²) in [5.41, 5.74) is 3.30. The van der Waals surface area contributed by atoms with Crippen LogP contribution >= 0.6 is 0 Å². The summed E-state index contributed by atoms with van der Waals surface area (Å²) in [6.07, 6.45) is 2.07. The highest BCUT2D eigenvalue weighted by atomic mass is 16.5. The molecular formula is C21H33N5O2. The Morgan fingerprint density at radius 2 is 2.11 bits per heavy atom. The molecule has 0 aliphatic rings. The first-order chi connectivity index (χ1) is 13.3. The lowest BCUT2D eigenvalue weighted by Gasteiger charge is -2.22. The van der Waals surface area contributed by atoms with E-state index in [-0.39, 0.29) is 5.75 Å². The van der Waals surface area contributed by atoms with Crippen LogP contribution in [0.25, 0.3) is 0 Å². The van der Waals surface area contributed by atoms with Crippen LogP contribution < -0.4 is 10.1 Å². The van der Waals surface area contributed by atoms with Gasteiger partial charge in [0.15, 0.2) is 17.5 Å². The van der Waals surface area contributed by atoms with Gasteiger partial charge in [0.05, 0.1) is 18.8 Å². The van der Waals surface area contributed by atoms with Crippen molar-refractivity contribution in [2.24, 2.45) is 12.0 Å². The van der Waals surface area contributed by atoms with Crippen LogP contribution in [0.2, 0.25) is 0 Å². The normalized spacial score (nSPS) is 11.8. The second kappa shape index (κ2) is 10.0. The second-order valence-electron chi connectivity index (χ2n) is 7.13. The SMILES string of the molecule is CCNC(=NCc1ccc(O)c(OCC)c1)N(C)Cc1cn(C)nc1C(C)C. The first-order valence-corrected chi connectivity index (χ1v) is 9.82. The zero-order valence-corrected chi connectivity index (χ0v) is 17.9. The molecule has 0 spiro atoms. The van der Waals surface area contributed by atoms with E-state index in [1.807, 2.05) is 37.8 Å². The number of rotatable bonds is 8. The Morgan fingerprint density at radius 1 is 1.36 bits per heavy atom. The number of phenols is 1. The number of nitrogens with zero attached hydrogens (tertiary/aromatic N) is 4. The highest BCUT2D eigenvalue weighted by Crippen LogP contribution is 2.27. The number of hydrogen-bond donors (Lipinski definition) is 2. The number of nitrogens with one attached hydrogen (secondary N) is 1. The largest absolute Gasteiger partial charge is 0.504 e. The van der Waals surface area contributed by atoms with Crippen molar-refractivity contribution in [3.63, 3.8) is 0 Å². The lowest BCUT2D eigenvalue weighted by molar-refractivity contribution is 0.318. The highest BCUT2D eigenvalue weighted by Gasteiger charge is 2.15. The van der Waals surface area contributed by atoms with Crippen LogP contribution in [-0.4, -0.2) is 45.9 Å². The molecule has 0 aliphatic heterocycles. The molecule has 0 aliphatic carbocycles. The van der Waals surface area contributed by atoms with Crippen LogP contribution in [0, 0.1) is 0 Å². The second-order valence-corrected chi connectivity index (χ2v) is 7.13. The zero-order valence-electron chi connectivity index (χ0n) is 17.9. The standard InChI is InChI=1S/C21H33N5O2/c1-7-22-21(23-12-16-9-10-18(27)19(11-16)28-8-2)25(5)13-17-14-26(6)24-20(17)15(3)4/h9-11,14-15,27H,7-8,12-13H2,1-6H3,(H,22,23). The van der Waals surface area contributed by atoms with Crippen LogP contribution in [0.4, 0.5) is 0 Å². The van der Waals surface area contributed by atoms with Gasteiger partial charge in [0, 0.05) is 38.9 Å². The summed E-state index contributed by atoms with van der Waals surface area (Å²) >= 11 is 0. The molecule has 1 aromatic heterocycles. The third-order valence-electron chi connectivity index (χ3n) is 4.32. The van der Waals surface area contributed by atoms with Crippen molar-refractivity contribution >= 4 is 5.96 Å². The van der Waals surface area contributed by atoms with Crippen LogP contribution in [0.15, 0.2) is 29.4 Å². The van der Waals surface area contributed by atoms with Gasteiger partial charge in [-0.25, -0.2) is 4.99 Å². The Bertz CT molecular complexity index is 798. The molecule has 0 unspecified atom stereocenters. The van der Waals surface area contributed by atoms with Gasteiger partial charge in [-0.3, -0.25) is 4.68 Å². The topological polar surface area (TPSA) is 74.9 Å². The van der Waals surface area contributed by atoms with Gasteiger partial charge in [0.1, 0.15) is 0 Å². The molecule has 28 heavy (non-hydrogen) atoms. The Kier molecular flexibility index (Phi) is 7.72. The van der Waals surface area contributed by atoms with E-state index in [1.165, 1.54) is 5.56 Å². The number of hydrogen-bond acceptors (Lipinski definition) is 4. The van der Waals surface area contributed by atoms with Crippen LogP contribution in [0.3, 0.4) is 0 Å². The molecule has 0 fully saturated rings. The fourth-order valence-corrected chi connectivity index (χ4v) is 3.06. The minimum absolute atomic E-state index is 0.149. The Labute approximate surface area is 168 Å². The van der Waals surface area contributed by atoms with Gasteiger partial charge in [-0.2, -0.15) is 5.10 Å². The van der Waals surface area contributed by atoms with Crippen molar-refractivity contribution in [1.29, 1.82) is 0 Å². The van der Waals surface area contributed by atoms with Crippen LogP contribution in [0.5, 0.6) is 11.5 Å². The van der Waals surface area contributed by atoms with Gasteiger partial charge >= 0.3 is 0 Å². The molecule has 0 saturated heterocycles. The molecule has 1 heterocycles. The monoisotopic (exact) mass is 387 g/mol. The highest BCUT2D eigenvalue weighted by molar-refractivity contribution is 5.79. The maximum atomic E-state index is 9.86. The number of ether oxygens (including phenoxy) is 1. The van der Waals surface area contributed by atoms with Gasteiger partial charge in [0.2, 0.25) is 0 Å². The average Bonchev–Trinajstić information content (AvgIpc) is 3.01. The Morgan fingerprint density at radius 3 is 2.75 bits per heavy atom. The predicted octanol–water partition coefficient (Wildman–Crippen LogP) is 3.25. The molecular weight excluding hydrogens is 354 g/mol. The summed E-state index contributed by atoms with van der Waals surface area (Å²) in [5, 5.41) is 17.8. The fourth-order valence-electron chi connectivity index (χ4n) is 3.06. The number of aliphatic imine (C=N–C) groups is 1. The first kappa shape index (κ1) is 21.6. The van der Waals surface area contributed by atoms with Gasteiger partial charge < -0.3 is 20.1 Å². The lowest BCUT2D eigenvalue weighted by Crippen LogP contribution is -2.38. The molecule has 0 radical (unpaired) electrons. The Hall–Kier alpha value is -2.70.